The molecule has 6 heteroatoms. The number of rotatable bonds is 4. The van der Waals surface area contributed by atoms with Crippen LogP contribution < -0.4 is 0 Å². The molecule has 4 nitrogen and oxygen atoms in total. The van der Waals surface area contributed by atoms with Crippen molar-refractivity contribution in [2.75, 3.05) is 13.1 Å². The molecule has 2 heterocycles. The fourth-order valence-corrected chi connectivity index (χ4v) is 5.10. The topological polar surface area (TPSA) is 40.6 Å². The highest BCUT2D eigenvalue weighted by molar-refractivity contribution is 7.10. The lowest BCUT2D eigenvalue weighted by atomic mass is 9.93. The van der Waals surface area contributed by atoms with Crippen LogP contribution in [0, 0.1) is 5.82 Å². The summed E-state index contributed by atoms with van der Waals surface area (Å²) >= 11 is 1.72. The molecule has 0 N–H and O–H groups in total. The first kappa shape index (κ1) is 22.2. The molecular formula is C26H27FN2O2S. The van der Waals surface area contributed by atoms with Crippen LogP contribution >= 0.6 is 11.3 Å². The van der Waals surface area contributed by atoms with Crippen molar-refractivity contribution in [3.8, 4) is 0 Å². The van der Waals surface area contributed by atoms with Crippen molar-refractivity contribution in [1.82, 2.24) is 9.80 Å². The van der Waals surface area contributed by atoms with Crippen molar-refractivity contribution in [2.45, 2.75) is 38.8 Å². The van der Waals surface area contributed by atoms with E-state index in [0.29, 0.717) is 6.54 Å². The van der Waals surface area contributed by atoms with Crippen LogP contribution in [-0.2, 0) is 11.2 Å². The standard InChI is InChI=1S/C26H27FN2O2S/c1-26(2,3)29(25(31)19-10-7-11-20(27)16-19)17-23(30)28-14-12-22-21(13-15-32-22)24(28)18-8-5-4-6-9-18/h4-11,13,15-16,24H,12,14,17H2,1-3H3. The van der Waals surface area contributed by atoms with E-state index < -0.39 is 11.4 Å². The Bertz CT molecular complexity index is 1120. The monoisotopic (exact) mass is 450 g/mol. The highest BCUT2D eigenvalue weighted by atomic mass is 32.1. The maximum absolute atomic E-state index is 13.7. The van der Waals surface area contributed by atoms with Crippen molar-refractivity contribution in [3.05, 3.63) is 93.4 Å². The lowest BCUT2D eigenvalue weighted by Crippen LogP contribution is -2.52. The second-order valence-electron chi connectivity index (χ2n) is 9.02. The number of benzene rings is 2. The molecule has 1 atom stereocenters. The Kier molecular flexibility index (Phi) is 6.15. The Labute approximate surface area is 192 Å². The molecular weight excluding hydrogens is 423 g/mol. The second kappa shape index (κ2) is 8.87. The summed E-state index contributed by atoms with van der Waals surface area (Å²) in [4.78, 5) is 31.6. The van der Waals surface area contributed by atoms with Crippen LogP contribution in [0.1, 0.15) is 53.2 Å². The Morgan fingerprint density at radius 1 is 1.09 bits per heavy atom. The number of halogens is 1. The molecule has 0 spiro atoms. The molecule has 4 rings (SSSR count). The molecule has 0 bridgehead atoms. The van der Waals surface area contributed by atoms with Gasteiger partial charge in [0.2, 0.25) is 5.91 Å². The molecule has 3 aromatic rings. The van der Waals surface area contributed by atoms with E-state index in [0.717, 1.165) is 17.5 Å². The van der Waals surface area contributed by atoms with Crippen LogP contribution in [0.15, 0.2) is 66.0 Å². The normalized spacial score (nSPS) is 15.9. The number of thiophene rings is 1. The first-order chi connectivity index (χ1) is 15.3. The van der Waals surface area contributed by atoms with Gasteiger partial charge in [0.1, 0.15) is 12.4 Å². The predicted molar refractivity (Wildman–Crippen MR) is 125 cm³/mol. The zero-order valence-electron chi connectivity index (χ0n) is 18.5. The zero-order chi connectivity index (χ0) is 22.9. The molecule has 1 aromatic heterocycles. The van der Waals surface area contributed by atoms with Crippen molar-refractivity contribution >= 4 is 23.2 Å². The average Bonchev–Trinajstić information content (AvgIpc) is 3.25. The summed E-state index contributed by atoms with van der Waals surface area (Å²) in [5.74, 6) is -0.939. The van der Waals surface area contributed by atoms with Crippen molar-refractivity contribution in [3.63, 3.8) is 0 Å². The number of fused-ring (bicyclic) bond motifs is 1. The van der Waals surface area contributed by atoms with Gasteiger partial charge in [-0.3, -0.25) is 9.59 Å². The van der Waals surface area contributed by atoms with E-state index in [2.05, 4.69) is 11.4 Å². The van der Waals surface area contributed by atoms with Gasteiger partial charge in [-0.2, -0.15) is 0 Å². The van der Waals surface area contributed by atoms with Gasteiger partial charge in [0.25, 0.3) is 5.91 Å². The second-order valence-corrected chi connectivity index (χ2v) is 10.0. The van der Waals surface area contributed by atoms with Gasteiger partial charge in [0.15, 0.2) is 0 Å². The maximum Gasteiger partial charge on any atom is 0.254 e. The van der Waals surface area contributed by atoms with E-state index in [-0.39, 0.29) is 30.0 Å². The highest BCUT2D eigenvalue weighted by Crippen LogP contribution is 2.38. The molecule has 0 radical (unpaired) electrons. The summed E-state index contributed by atoms with van der Waals surface area (Å²) < 4.78 is 13.7. The van der Waals surface area contributed by atoms with E-state index in [9.17, 15) is 14.0 Å². The molecule has 2 aromatic carbocycles. The van der Waals surface area contributed by atoms with Gasteiger partial charge in [-0.1, -0.05) is 36.4 Å². The fourth-order valence-electron chi connectivity index (χ4n) is 4.20. The summed E-state index contributed by atoms with van der Waals surface area (Å²) in [6.45, 7) is 6.19. The largest absolute Gasteiger partial charge is 0.330 e. The van der Waals surface area contributed by atoms with Crippen molar-refractivity contribution in [1.29, 1.82) is 0 Å². The van der Waals surface area contributed by atoms with E-state index in [1.54, 1.807) is 17.4 Å². The number of carbonyl (C=O) groups excluding carboxylic acids is 2. The van der Waals surface area contributed by atoms with Crippen LogP contribution in [0.2, 0.25) is 0 Å². The third kappa shape index (κ3) is 4.46. The first-order valence-electron chi connectivity index (χ1n) is 10.7. The molecule has 1 aliphatic heterocycles. The smallest absolute Gasteiger partial charge is 0.254 e. The fraction of sp³-hybridized carbons (Fsp3) is 0.308. The third-order valence-electron chi connectivity index (χ3n) is 5.82. The summed E-state index contributed by atoms with van der Waals surface area (Å²) in [7, 11) is 0. The average molecular weight is 451 g/mol. The molecule has 0 fully saturated rings. The van der Waals surface area contributed by atoms with Gasteiger partial charge in [0.05, 0.1) is 6.04 Å². The van der Waals surface area contributed by atoms with Gasteiger partial charge in [-0.05, 0) is 68.0 Å². The summed E-state index contributed by atoms with van der Waals surface area (Å²) in [5.41, 5.74) is 1.84. The van der Waals surface area contributed by atoms with E-state index in [1.807, 2.05) is 56.0 Å². The van der Waals surface area contributed by atoms with Crippen LogP contribution in [0.5, 0.6) is 0 Å². The van der Waals surface area contributed by atoms with Gasteiger partial charge < -0.3 is 9.80 Å². The summed E-state index contributed by atoms with van der Waals surface area (Å²) in [6.07, 6.45) is 0.801. The Hall–Kier alpha value is -2.99. The zero-order valence-corrected chi connectivity index (χ0v) is 19.4. The molecule has 0 saturated heterocycles. The molecule has 166 valence electrons. The van der Waals surface area contributed by atoms with Crippen LogP contribution in [-0.4, -0.2) is 40.2 Å². The van der Waals surface area contributed by atoms with Gasteiger partial charge >= 0.3 is 0 Å². The number of nitrogens with zero attached hydrogens (tertiary/aromatic N) is 2. The van der Waals surface area contributed by atoms with Gasteiger partial charge in [-0.25, -0.2) is 4.39 Å². The third-order valence-corrected chi connectivity index (χ3v) is 6.82. The SMILES string of the molecule is CC(C)(C)N(CC(=O)N1CCc2sccc2C1c1ccccc1)C(=O)c1cccc(F)c1. The number of hydrogen-bond donors (Lipinski definition) is 0. The maximum atomic E-state index is 13.7. The van der Waals surface area contributed by atoms with Crippen LogP contribution in [0.4, 0.5) is 4.39 Å². The molecule has 1 aliphatic rings. The van der Waals surface area contributed by atoms with Crippen LogP contribution in [0.3, 0.4) is 0 Å². The number of carbonyl (C=O) groups is 2. The lowest BCUT2D eigenvalue weighted by molar-refractivity contribution is -0.135. The molecule has 32 heavy (non-hydrogen) atoms. The van der Waals surface area contributed by atoms with Crippen molar-refractivity contribution < 1.29 is 14.0 Å². The number of amides is 2. The molecule has 0 saturated carbocycles. The van der Waals surface area contributed by atoms with Gasteiger partial charge in [0, 0.05) is 22.5 Å². The van der Waals surface area contributed by atoms with E-state index in [4.69, 9.17) is 0 Å². The lowest BCUT2D eigenvalue weighted by Gasteiger charge is -2.40. The molecule has 2 amide bonds. The summed E-state index contributed by atoms with van der Waals surface area (Å²) in [6, 6.07) is 17.5. The molecule has 1 unspecified atom stereocenters. The number of hydrogen-bond acceptors (Lipinski definition) is 3. The first-order valence-corrected chi connectivity index (χ1v) is 11.6. The van der Waals surface area contributed by atoms with Gasteiger partial charge in [-0.15, -0.1) is 11.3 Å². The van der Waals surface area contributed by atoms with Crippen LogP contribution in [0.25, 0.3) is 0 Å². The summed E-state index contributed by atoms with van der Waals surface area (Å²) in [5, 5.41) is 2.07. The highest BCUT2D eigenvalue weighted by Gasteiger charge is 2.36. The van der Waals surface area contributed by atoms with E-state index in [1.165, 1.54) is 28.0 Å². The Balaban J connectivity index is 1.65. The predicted octanol–water partition coefficient (Wildman–Crippen LogP) is 5.30. The Morgan fingerprint density at radius 3 is 2.53 bits per heavy atom. The van der Waals surface area contributed by atoms with E-state index >= 15 is 0 Å². The minimum absolute atomic E-state index is 0.0678. The quantitative estimate of drug-likeness (QED) is 0.541. The minimum atomic E-state index is -0.607. The van der Waals surface area contributed by atoms with Crippen molar-refractivity contribution in [2.24, 2.45) is 0 Å². The molecule has 0 aliphatic carbocycles. The minimum Gasteiger partial charge on any atom is -0.330 e. The Morgan fingerprint density at radius 2 is 1.84 bits per heavy atom.